The van der Waals surface area contributed by atoms with Crippen molar-refractivity contribution in [2.45, 2.75) is 25.5 Å². The number of nitrogens with one attached hydrogen (secondary N) is 1. The second kappa shape index (κ2) is 9.72. The summed E-state index contributed by atoms with van der Waals surface area (Å²) in [4.78, 5) is 13.1. The molecule has 7 nitrogen and oxygen atoms in total. The van der Waals surface area contributed by atoms with E-state index in [0.717, 1.165) is 38.0 Å². The normalized spacial score (nSPS) is 16.2. The lowest BCUT2D eigenvalue weighted by Crippen LogP contribution is -2.53. The van der Waals surface area contributed by atoms with E-state index in [0.29, 0.717) is 6.54 Å². The third-order valence-corrected chi connectivity index (χ3v) is 6.96. The van der Waals surface area contributed by atoms with E-state index in [1.165, 1.54) is 0 Å². The first kappa shape index (κ1) is 22.9. The fourth-order valence-corrected chi connectivity index (χ4v) is 3.61. The van der Waals surface area contributed by atoms with Crippen LogP contribution >= 0.6 is 24.0 Å². The Morgan fingerprint density at radius 2 is 1.88 bits per heavy atom. The Kier molecular flexibility index (Phi) is 8.58. The van der Waals surface area contributed by atoms with Crippen LogP contribution in [0.5, 0.6) is 0 Å². The molecule has 0 unspecified atom stereocenters. The average molecular weight is 495 g/mol. The summed E-state index contributed by atoms with van der Waals surface area (Å²) in [5.74, 6) is 1.84. The number of hydrogen-bond acceptors (Lipinski definition) is 5. The molecule has 9 heteroatoms. The lowest BCUT2D eigenvalue weighted by molar-refractivity contribution is 0.372. The Labute approximate surface area is 174 Å². The number of guanidine groups is 1. The van der Waals surface area contributed by atoms with Crippen LogP contribution in [-0.4, -0.2) is 74.5 Å². The molecule has 0 bridgehead atoms. The number of sulfone groups is 1. The van der Waals surface area contributed by atoms with Crippen molar-refractivity contribution in [2.24, 2.45) is 4.99 Å². The van der Waals surface area contributed by atoms with E-state index in [2.05, 4.69) is 25.1 Å². The van der Waals surface area contributed by atoms with Crippen LogP contribution in [0.1, 0.15) is 20.8 Å². The lowest BCUT2D eigenvalue weighted by atomic mass is 10.3. The van der Waals surface area contributed by atoms with Gasteiger partial charge in [0, 0.05) is 46.0 Å². The van der Waals surface area contributed by atoms with Gasteiger partial charge < -0.3 is 15.1 Å². The molecule has 148 valence electrons. The summed E-state index contributed by atoms with van der Waals surface area (Å²) in [5.41, 5.74) is 0. The van der Waals surface area contributed by atoms with Gasteiger partial charge in [-0.05, 0) is 32.9 Å². The standard InChI is InChI=1S/C17H29N5O2S.HI/c1-17(2,3)25(23,24)14-9-20-16(18-4)22-12-10-21(11-13-22)15-7-5-6-8-19-15;/h5-8H,9-14H2,1-4H3,(H,18,20);1H. The fraction of sp³-hybridized carbons (Fsp3) is 0.647. The molecule has 0 aromatic carbocycles. The van der Waals surface area contributed by atoms with Crippen molar-refractivity contribution < 1.29 is 8.42 Å². The Balaban J connectivity index is 0.00000338. The van der Waals surface area contributed by atoms with E-state index in [1.807, 2.05) is 18.2 Å². The lowest BCUT2D eigenvalue weighted by Gasteiger charge is -2.37. The van der Waals surface area contributed by atoms with Gasteiger partial charge in [-0.15, -0.1) is 24.0 Å². The van der Waals surface area contributed by atoms with Crippen molar-refractivity contribution in [1.82, 2.24) is 15.2 Å². The highest BCUT2D eigenvalue weighted by atomic mass is 127. The highest BCUT2D eigenvalue weighted by Gasteiger charge is 2.28. The summed E-state index contributed by atoms with van der Waals surface area (Å²) in [5, 5.41) is 3.18. The first-order valence-corrected chi connectivity index (χ1v) is 10.2. The molecule has 0 aliphatic carbocycles. The summed E-state index contributed by atoms with van der Waals surface area (Å²) < 4.78 is 23.7. The molecular weight excluding hydrogens is 465 g/mol. The van der Waals surface area contributed by atoms with E-state index >= 15 is 0 Å². The molecule has 0 saturated carbocycles. The molecule has 2 rings (SSSR count). The highest BCUT2D eigenvalue weighted by Crippen LogP contribution is 2.15. The van der Waals surface area contributed by atoms with Gasteiger partial charge in [0.05, 0.1) is 10.5 Å². The fourth-order valence-electron chi connectivity index (χ4n) is 2.62. The number of anilines is 1. The van der Waals surface area contributed by atoms with Crippen LogP contribution in [0, 0.1) is 0 Å². The highest BCUT2D eigenvalue weighted by molar-refractivity contribution is 14.0. The molecule has 26 heavy (non-hydrogen) atoms. The maximum Gasteiger partial charge on any atom is 0.193 e. The van der Waals surface area contributed by atoms with Crippen LogP contribution < -0.4 is 10.2 Å². The minimum absolute atomic E-state index is 0. The summed E-state index contributed by atoms with van der Waals surface area (Å²) in [6, 6.07) is 5.92. The number of rotatable bonds is 4. The van der Waals surface area contributed by atoms with Crippen molar-refractivity contribution in [2.75, 3.05) is 50.4 Å². The SMILES string of the molecule is CN=C(NCCS(=O)(=O)C(C)(C)C)N1CCN(c2ccccn2)CC1.I. The van der Waals surface area contributed by atoms with Gasteiger partial charge >= 0.3 is 0 Å². The van der Waals surface area contributed by atoms with Crippen molar-refractivity contribution in [1.29, 1.82) is 0 Å². The summed E-state index contributed by atoms with van der Waals surface area (Å²) in [7, 11) is -1.40. The topological polar surface area (TPSA) is 77.9 Å². The molecular formula is C17H30IN5O2S. The first-order valence-electron chi connectivity index (χ1n) is 8.58. The predicted octanol–water partition coefficient (Wildman–Crippen LogP) is 1.61. The number of aliphatic imine (C=N–C) groups is 1. The molecule has 1 aliphatic heterocycles. The zero-order chi connectivity index (χ0) is 18.5. The summed E-state index contributed by atoms with van der Waals surface area (Å²) >= 11 is 0. The maximum absolute atomic E-state index is 12.2. The van der Waals surface area contributed by atoms with Gasteiger partial charge in [-0.1, -0.05) is 6.07 Å². The second-order valence-electron chi connectivity index (χ2n) is 7.07. The van der Waals surface area contributed by atoms with Gasteiger partial charge in [0.15, 0.2) is 15.8 Å². The number of halogens is 1. The predicted molar refractivity (Wildman–Crippen MR) is 118 cm³/mol. The number of piperazine rings is 1. The number of nitrogens with zero attached hydrogens (tertiary/aromatic N) is 4. The number of pyridine rings is 1. The molecule has 0 spiro atoms. The number of aromatic nitrogens is 1. The van der Waals surface area contributed by atoms with E-state index in [4.69, 9.17) is 0 Å². The Hall–Kier alpha value is -1.10. The van der Waals surface area contributed by atoms with Gasteiger partial charge in [-0.2, -0.15) is 0 Å². The van der Waals surface area contributed by atoms with E-state index in [1.54, 1.807) is 34.0 Å². The molecule has 0 atom stereocenters. The molecule has 1 saturated heterocycles. The van der Waals surface area contributed by atoms with Gasteiger partial charge in [0.1, 0.15) is 5.82 Å². The quantitative estimate of drug-likeness (QED) is 0.389. The monoisotopic (exact) mass is 495 g/mol. The van der Waals surface area contributed by atoms with Gasteiger partial charge in [0.2, 0.25) is 0 Å². The minimum atomic E-state index is -3.13. The van der Waals surface area contributed by atoms with Crippen LogP contribution in [0.2, 0.25) is 0 Å². The molecule has 1 N–H and O–H groups in total. The zero-order valence-electron chi connectivity index (χ0n) is 16.0. The van der Waals surface area contributed by atoms with Gasteiger partial charge in [0.25, 0.3) is 0 Å². The smallest absolute Gasteiger partial charge is 0.193 e. The molecule has 1 aromatic rings. The zero-order valence-corrected chi connectivity index (χ0v) is 19.1. The van der Waals surface area contributed by atoms with Crippen LogP contribution in [-0.2, 0) is 9.84 Å². The van der Waals surface area contributed by atoms with Crippen molar-refractivity contribution in [3.05, 3.63) is 24.4 Å². The van der Waals surface area contributed by atoms with E-state index in [9.17, 15) is 8.42 Å². The molecule has 2 heterocycles. The third-order valence-electron chi connectivity index (χ3n) is 4.35. The molecule has 1 aliphatic rings. The largest absolute Gasteiger partial charge is 0.355 e. The molecule has 0 amide bonds. The van der Waals surface area contributed by atoms with Crippen LogP contribution in [0.15, 0.2) is 29.4 Å². The molecule has 0 radical (unpaired) electrons. The van der Waals surface area contributed by atoms with Crippen LogP contribution in [0.3, 0.4) is 0 Å². The van der Waals surface area contributed by atoms with Gasteiger partial charge in [-0.25, -0.2) is 13.4 Å². The van der Waals surface area contributed by atoms with Crippen LogP contribution in [0.4, 0.5) is 5.82 Å². The van der Waals surface area contributed by atoms with Crippen molar-refractivity contribution in [3.8, 4) is 0 Å². The van der Waals surface area contributed by atoms with Crippen molar-refractivity contribution >= 4 is 45.6 Å². The van der Waals surface area contributed by atoms with E-state index < -0.39 is 14.6 Å². The average Bonchev–Trinajstić information content (AvgIpc) is 2.59. The van der Waals surface area contributed by atoms with Crippen molar-refractivity contribution in [3.63, 3.8) is 0 Å². The summed E-state index contributed by atoms with van der Waals surface area (Å²) in [6.45, 7) is 8.92. The van der Waals surface area contributed by atoms with E-state index in [-0.39, 0.29) is 29.7 Å². The Morgan fingerprint density at radius 3 is 2.38 bits per heavy atom. The Morgan fingerprint density at radius 1 is 1.23 bits per heavy atom. The summed E-state index contributed by atoms with van der Waals surface area (Å²) in [6.07, 6.45) is 1.80. The Bertz CT molecular complexity index is 681. The minimum Gasteiger partial charge on any atom is -0.355 e. The molecule has 1 aromatic heterocycles. The third kappa shape index (κ3) is 5.97. The molecule has 1 fully saturated rings. The first-order chi connectivity index (χ1) is 11.7. The van der Waals surface area contributed by atoms with Gasteiger partial charge in [-0.3, -0.25) is 4.99 Å². The second-order valence-corrected chi connectivity index (χ2v) is 9.93. The maximum atomic E-state index is 12.2. The van der Waals surface area contributed by atoms with Crippen LogP contribution in [0.25, 0.3) is 0 Å². The number of hydrogen-bond donors (Lipinski definition) is 1.